The lowest BCUT2D eigenvalue weighted by atomic mass is 10.2. The van der Waals surface area contributed by atoms with Crippen molar-refractivity contribution in [2.75, 3.05) is 10.6 Å². The van der Waals surface area contributed by atoms with Gasteiger partial charge in [-0.25, -0.2) is 4.79 Å². The largest absolute Gasteiger partial charge is 0.356 e. The summed E-state index contributed by atoms with van der Waals surface area (Å²) in [6.45, 7) is -0.0318. The van der Waals surface area contributed by atoms with Crippen molar-refractivity contribution in [3.63, 3.8) is 0 Å². The minimum atomic E-state index is -0.686. The normalized spacial score (nSPS) is 10.5. The number of hydrogen-bond donors (Lipinski definition) is 3. The molecular formula is C23H19N5O3. The lowest BCUT2D eigenvalue weighted by Gasteiger charge is -2.09. The number of carbonyl (C=O) groups is 1. The summed E-state index contributed by atoms with van der Waals surface area (Å²) in [7, 11) is 0. The molecule has 8 heteroatoms. The zero-order valence-electron chi connectivity index (χ0n) is 16.4. The molecule has 0 aliphatic rings. The molecule has 0 aliphatic carbocycles. The SMILES string of the molecule is O=C(Nc1ccc(Nc2ccccc2)cc1)c1c[nH]c(=O)n(Cc2ccccn2)c1=O. The van der Waals surface area contributed by atoms with Crippen molar-refractivity contribution >= 4 is 23.0 Å². The molecule has 0 unspecified atom stereocenters. The number of hydrogen-bond acceptors (Lipinski definition) is 5. The summed E-state index contributed by atoms with van der Waals surface area (Å²) in [5.74, 6) is -0.611. The number of nitrogens with one attached hydrogen (secondary N) is 3. The Morgan fingerprint density at radius 1 is 0.871 bits per heavy atom. The number of aromatic amines is 1. The van der Waals surface area contributed by atoms with Crippen LogP contribution in [0.25, 0.3) is 0 Å². The standard InChI is InChI=1S/C23H19N5O3/c29-21(27-18-11-9-17(10-12-18)26-16-6-2-1-3-7-16)20-14-25-23(31)28(22(20)30)15-19-8-4-5-13-24-19/h1-14,26H,15H2,(H,25,31)(H,27,29). The molecule has 4 aromatic rings. The van der Waals surface area contributed by atoms with Crippen LogP contribution >= 0.6 is 0 Å². The maximum absolute atomic E-state index is 12.7. The van der Waals surface area contributed by atoms with Gasteiger partial charge in [0.1, 0.15) is 5.56 Å². The van der Waals surface area contributed by atoms with E-state index in [2.05, 4.69) is 20.6 Å². The fourth-order valence-electron chi connectivity index (χ4n) is 2.99. The Bertz CT molecular complexity index is 1300. The van der Waals surface area contributed by atoms with E-state index >= 15 is 0 Å². The van der Waals surface area contributed by atoms with E-state index < -0.39 is 17.2 Å². The van der Waals surface area contributed by atoms with Crippen molar-refractivity contribution in [1.29, 1.82) is 0 Å². The molecule has 154 valence electrons. The first-order valence-corrected chi connectivity index (χ1v) is 9.56. The summed E-state index contributed by atoms with van der Waals surface area (Å²) in [6, 6.07) is 22.0. The predicted octanol–water partition coefficient (Wildman–Crippen LogP) is 2.98. The van der Waals surface area contributed by atoms with E-state index in [0.717, 1.165) is 22.1 Å². The number of para-hydroxylation sites is 1. The highest BCUT2D eigenvalue weighted by Crippen LogP contribution is 2.18. The first kappa shape index (κ1) is 19.8. The second kappa shape index (κ2) is 8.91. The van der Waals surface area contributed by atoms with E-state index in [0.29, 0.717) is 11.4 Å². The molecular weight excluding hydrogens is 394 g/mol. The second-order valence-corrected chi connectivity index (χ2v) is 6.74. The number of carbonyl (C=O) groups excluding carboxylic acids is 1. The molecule has 0 aliphatic heterocycles. The van der Waals surface area contributed by atoms with E-state index in [9.17, 15) is 14.4 Å². The minimum absolute atomic E-state index is 0.0318. The quantitative estimate of drug-likeness (QED) is 0.450. The van der Waals surface area contributed by atoms with E-state index in [-0.39, 0.29) is 12.1 Å². The molecule has 4 rings (SSSR count). The summed E-state index contributed by atoms with van der Waals surface area (Å²) in [5.41, 5.74) is 1.39. The van der Waals surface area contributed by atoms with Crippen molar-refractivity contribution < 1.29 is 4.79 Å². The Morgan fingerprint density at radius 2 is 1.55 bits per heavy atom. The van der Waals surface area contributed by atoms with Crippen LogP contribution in [-0.4, -0.2) is 20.4 Å². The van der Waals surface area contributed by atoms with Gasteiger partial charge in [-0.05, 0) is 48.5 Å². The maximum atomic E-state index is 12.7. The summed E-state index contributed by atoms with van der Waals surface area (Å²) >= 11 is 0. The predicted molar refractivity (Wildman–Crippen MR) is 119 cm³/mol. The van der Waals surface area contributed by atoms with E-state index in [4.69, 9.17) is 0 Å². The van der Waals surface area contributed by atoms with Crippen LogP contribution in [0, 0.1) is 0 Å². The van der Waals surface area contributed by atoms with Gasteiger partial charge in [-0.1, -0.05) is 24.3 Å². The third-order valence-electron chi connectivity index (χ3n) is 4.56. The highest BCUT2D eigenvalue weighted by atomic mass is 16.2. The Balaban J connectivity index is 1.50. The topological polar surface area (TPSA) is 109 Å². The van der Waals surface area contributed by atoms with Gasteiger partial charge in [0.25, 0.3) is 11.5 Å². The molecule has 31 heavy (non-hydrogen) atoms. The molecule has 0 bridgehead atoms. The average molecular weight is 413 g/mol. The number of H-pyrrole nitrogens is 1. The van der Waals surface area contributed by atoms with E-state index in [1.54, 1.807) is 36.5 Å². The van der Waals surface area contributed by atoms with Crippen molar-refractivity contribution in [1.82, 2.24) is 14.5 Å². The molecule has 0 radical (unpaired) electrons. The monoisotopic (exact) mass is 413 g/mol. The Labute approximate surface area is 177 Å². The fourth-order valence-corrected chi connectivity index (χ4v) is 2.99. The number of anilines is 3. The molecule has 1 amide bonds. The van der Waals surface area contributed by atoms with Gasteiger partial charge >= 0.3 is 5.69 Å². The van der Waals surface area contributed by atoms with Gasteiger partial charge < -0.3 is 15.6 Å². The fraction of sp³-hybridized carbons (Fsp3) is 0.0435. The van der Waals surface area contributed by atoms with Crippen molar-refractivity contribution in [2.24, 2.45) is 0 Å². The van der Waals surface area contributed by atoms with Crippen LogP contribution in [-0.2, 0) is 6.54 Å². The third kappa shape index (κ3) is 4.76. The summed E-state index contributed by atoms with van der Waals surface area (Å²) in [6.07, 6.45) is 2.70. The van der Waals surface area contributed by atoms with Gasteiger partial charge in [0.2, 0.25) is 0 Å². The van der Waals surface area contributed by atoms with Crippen LogP contribution in [0.4, 0.5) is 17.1 Å². The van der Waals surface area contributed by atoms with Crippen LogP contribution in [0.2, 0.25) is 0 Å². The highest BCUT2D eigenvalue weighted by molar-refractivity contribution is 6.03. The Kier molecular flexibility index (Phi) is 5.70. The molecule has 0 saturated heterocycles. The minimum Gasteiger partial charge on any atom is -0.356 e. The summed E-state index contributed by atoms with van der Waals surface area (Å²) < 4.78 is 0.949. The van der Waals surface area contributed by atoms with Crippen LogP contribution < -0.4 is 21.9 Å². The van der Waals surface area contributed by atoms with Gasteiger partial charge in [-0.15, -0.1) is 0 Å². The molecule has 2 aromatic carbocycles. The zero-order valence-corrected chi connectivity index (χ0v) is 16.4. The van der Waals surface area contributed by atoms with Crippen molar-refractivity contribution in [2.45, 2.75) is 6.54 Å². The van der Waals surface area contributed by atoms with Gasteiger partial charge in [-0.3, -0.25) is 19.1 Å². The van der Waals surface area contributed by atoms with E-state index in [1.165, 1.54) is 0 Å². The molecule has 0 spiro atoms. The zero-order chi connectivity index (χ0) is 21.6. The summed E-state index contributed by atoms with van der Waals surface area (Å²) in [5, 5.41) is 5.93. The van der Waals surface area contributed by atoms with Gasteiger partial charge in [-0.2, -0.15) is 0 Å². The van der Waals surface area contributed by atoms with Gasteiger partial charge in [0.15, 0.2) is 0 Å². The summed E-state index contributed by atoms with van der Waals surface area (Å²) in [4.78, 5) is 44.0. The molecule has 3 N–H and O–H groups in total. The van der Waals surface area contributed by atoms with E-state index in [1.807, 2.05) is 42.5 Å². The number of amides is 1. The molecule has 0 saturated carbocycles. The number of nitrogens with zero attached hydrogens (tertiary/aromatic N) is 2. The molecule has 2 heterocycles. The first-order chi connectivity index (χ1) is 15.1. The van der Waals surface area contributed by atoms with Gasteiger partial charge in [0.05, 0.1) is 12.2 Å². The van der Waals surface area contributed by atoms with Crippen LogP contribution in [0.5, 0.6) is 0 Å². The molecule has 8 nitrogen and oxygen atoms in total. The second-order valence-electron chi connectivity index (χ2n) is 6.74. The highest BCUT2D eigenvalue weighted by Gasteiger charge is 2.15. The molecule has 0 fully saturated rings. The third-order valence-corrected chi connectivity index (χ3v) is 4.56. The number of pyridine rings is 1. The van der Waals surface area contributed by atoms with Gasteiger partial charge in [0, 0.05) is 29.5 Å². The number of aromatic nitrogens is 3. The van der Waals surface area contributed by atoms with Crippen molar-refractivity contribution in [3.8, 4) is 0 Å². The lowest BCUT2D eigenvalue weighted by molar-refractivity contribution is 0.102. The Hall–Kier alpha value is -4.46. The number of rotatable bonds is 6. The molecule has 2 aromatic heterocycles. The maximum Gasteiger partial charge on any atom is 0.328 e. The lowest BCUT2D eigenvalue weighted by Crippen LogP contribution is -2.39. The van der Waals surface area contributed by atoms with Crippen LogP contribution in [0.1, 0.15) is 16.1 Å². The Morgan fingerprint density at radius 3 is 2.26 bits per heavy atom. The van der Waals surface area contributed by atoms with Crippen LogP contribution in [0.3, 0.4) is 0 Å². The molecule has 0 atom stereocenters. The first-order valence-electron chi connectivity index (χ1n) is 9.56. The van der Waals surface area contributed by atoms with Crippen LogP contribution in [0.15, 0.2) is 94.8 Å². The average Bonchev–Trinajstić information content (AvgIpc) is 2.79. The van der Waals surface area contributed by atoms with Crippen molar-refractivity contribution in [3.05, 3.63) is 117 Å². The number of benzene rings is 2. The smallest absolute Gasteiger partial charge is 0.328 e.